The summed E-state index contributed by atoms with van der Waals surface area (Å²) >= 11 is 2.96. The maximum absolute atomic E-state index is 13.3. The number of ether oxygens (including phenoxy) is 1. The van der Waals surface area contributed by atoms with Gasteiger partial charge in [-0.3, -0.25) is 9.59 Å². The molecule has 0 amide bonds. The van der Waals surface area contributed by atoms with Crippen molar-refractivity contribution in [3.63, 3.8) is 0 Å². The Morgan fingerprint density at radius 1 is 1.60 bits per heavy atom. The van der Waals surface area contributed by atoms with Gasteiger partial charge < -0.3 is 4.74 Å². The van der Waals surface area contributed by atoms with Gasteiger partial charge in [0, 0.05) is 11.1 Å². The van der Waals surface area contributed by atoms with Gasteiger partial charge in [-0.2, -0.15) is 0 Å². The highest BCUT2D eigenvalue weighted by atomic mass is 79.9. The van der Waals surface area contributed by atoms with Gasteiger partial charge in [0.25, 0.3) is 0 Å². The number of carbonyl (C=O) groups excluding carboxylic acids is 2. The normalized spacial score (nSPS) is 9.80. The highest BCUT2D eigenvalue weighted by Gasteiger charge is 2.14. The van der Waals surface area contributed by atoms with Crippen molar-refractivity contribution in [2.75, 3.05) is 12.4 Å². The van der Waals surface area contributed by atoms with Crippen LogP contribution in [-0.2, 0) is 0 Å². The second-order valence-corrected chi connectivity index (χ2v) is 3.31. The van der Waals surface area contributed by atoms with E-state index in [-0.39, 0.29) is 28.0 Å². The quantitative estimate of drug-likeness (QED) is 0.480. The Hall–Kier alpha value is -1.23. The molecule has 0 bridgehead atoms. The molecule has 0 aliphatic rings. The Kier molecular flexibility index (Phi) is 3.96. The van der Waals surface area contributed by atoms with E-state index in [9.17, 15) is 14.0 Å². The number of rotatable bonds is 4. The number of Topliss-reactive ketones (excluding diaryl/α,β-unsaturated/α-hetero) is 1. The third kappa shape index (κ3) is 2.41. The number of aldehydes is 1. The average molecular weight is 275 g/mol. The fraction of sp³-hybridized carbons (Fsp3) is 0.200. The van der Waals surface area contributed by atoms with E-state index in [0.717, 1.165) is 6.07 Å². The Balaban J connectivity index is 3.33. The second kappa shape index (κ2) is 5.02. The molecule has 0 aromatic heterocycles. The first-order chi connectivity index (χ1) is 7.13. The molecule has 0 saturated heterocycles. The highest BCUT2D eigenvalue weighted by molar-refractivity contribution is 9.09. The molecule has 0 N–H and O–H groups in total. The zero-order valence-corrected chi connectivity index (χ0v) is 9.51. The summed E-state index contributed by atoms with van der Waals surface area (Å²) in [7, 11) is 1.29. The van der Waals surface area contributed by atoms with Crippen molar-refractivity contribution in [1.29, 1.82) is 0 Å². The Labute approximate surface area is 94.4 Å². The lowest BCUT2D eigenvalue weighted by atomic mass is 10.0. The summed E-state index contributed by atoms with van der Waals surface area (Å²) in [5.74, 6) is -1.06. The van der Waals surface area contributed by atoms with Gasteiger partial charge in [0.05, 0.1) is 12.4 Å². The van der Waals surface area contributed by atoms with Crippen LogP contribution in [0.5, 0.6) is 5.75 Å². The third-order valence-corrected chi connectivity index (χ3v) is 2.38. The van der Waals surface area contributed by atoms with Crippen molar-refractivity contribution in [3.05, 3.63) is 29.1 Å². The summed E-state index contributed by atoms with van der Waals surface area (Å²) in [4.78, 5) is 22.0. The van der Waals surface area contributed by atoms with E-state index in [4.69, 9.17) is 4.74 Å². The van der Waals surface area contributed by atoms with Crippen LogP contribution in [0, 0.1) is 5.82 Å². The number of alkyl halides is 1. The molecule has 0 heterocycles. The van der Waals surface area contributed by atoms with E-state index in [2.05, 4.69) is 15.9 Å². The van der Waals surface area contributed by atoms with Crippen LogP contribution >= 0.6 is 15.9 Å². The maximum atomic E-state index is 13.3. The van der Waals surface area contributed by atoms with Crippen LogP contribution in [0.25, 0.3) is 0 Å². The van der Waals surface area contributed by atoms with Gasteiger partial charge in [0.1, 0.15) is 0 Å². The summed E-state index contributed by atoms with van der Waals surface area (Å²) in [5, 5.41) is 0.0413. The zero-order chi connectivity index (χ0) is 11.4. The molecule has 0 spiro atoms. The number of methoxy groups -OCH3 is 1. The van der Waals surface area contributed by atoms with Crippen LogP contribution in [-0.4, -0.2) is 24.5 Å². The van der Waals surface area contributed by atoms with Crippen LogP contribution in [0.2, 0.25) is 0 Å². The molecule has 0 radical (unpaired) electrons. The van der Waals surface area contributed by atoms with E-state index in [0.29, 0.717) is 6.29 Å². The number of carbonyl (C=O) groups is 2. The summed E-state index contributed by atoms with van der Waals surface area (Å²) in [6, 6.07) is 2.21. The van der Waals surface area contributed by atoms with E-state index >= 15 is 0 Å². The molecule has 0 saturated carbocycles. The molecule has 0 fully saturated rings. The SMILES string of the molecule is COc1cc(C=O)c(C(=O)CBr)cc1F. The third-order valence-electron chi connectivity index (χ3n) is 1.87. The van der Waals surface area contributed by atoms with Gasteiger partial charge >= 0.3 is 0 Å². The first kappa shape index (κ1) is 11.8. The minimum atomic E-state index is -0.660. The van der Waals surface area contributed by atoms with E-state index in [1.54, 1.807) is 0 Å². The van der Waals surface area contributed by atoms with Crippen molar-refractivity contribution in [3.8, 4) is 5.75 Å². The van der Waals surface area contributed by atoms with Gasteiger partial charge in [-0.05, 0) is 12.1 Å². The lowest BCUT2D eigenvalue weighted by molar-refractivity contribution is 0.101. The predicted octanol–water partition coefficient (Wildman–Crippen LogP) is 2.22. The second-order valence-electron chi connectivity index (χ2n) is 2.75. The molecule has 0 unspecified atom stereocenters. The molecule has 0 aliphatic heterocycles. The number of benzene rings is 1. The maximum Gasteiger partial charge on any atom is 0.174 e. The summed E-state index contributed by atoms with van der Waals surface area (Å²) in [6.45, 7) is 0. The van der Waals surface area contributed by atoms with Crippen LogP contribution in [0.3, 0.4) is 0 Å². The molecule has 15 heavy (non-hydrogen) atoms. The summed E-state index contributed by atoms with van der Waals surface area (Å²) in [6.07, 6.45) is 0.498. The molecule has 3 nitrogen and oxygen atoms in total. The minimum absolute atomic E-state index is 0.0413. The van der Waals surface area contributed by atoms with Crippen molar-refractivity contribution >= 4 is 28.0 Å². The Morgan fingerprint density at radius 2 is 2.27 bits per heavy atom. The molecule has 0 atom stereocenters. The van der Waals surface area contributed by atoms with Crippen molar-refractivity contribution in [1.82, 2.24) is 0 Å². The van der Waals surface area contributed by atoms with Crippen LogP contribution < -0.4 is 4.74 Å². The topological polar surface area (TPSA) is 43.4 Å². The zero-order valence-electron chi connectivity index (χ0n) is 7.92. The fourth-order valence-electron chi connectivity index (χ4n) is 1.14. The van der Waals surface area contributed by atoms with Gasteiger partial charge in [0.15, 0.2) is 23.6 Å². The van der Waals surface area contributed by atoms with Crippen molar-refractivity contribution < 1.29 is 18.7 Å². The van der Waals surface area contributed by atoms with Gasteiger partial charge in [0.2, 0.25) is 0 Å². The molecule has 0 aliphatic carbocycles. The monoisotopic (exact) mass is 274 g/mol. The van der Waals surface area contributed by atoms with Crippen LogP contribution in [0.4, 0.5) is 4.39 Å². The Bertz CT molecular complexity index is 404. The minimum Gasteiger partial charge on any atom is -0.494 e. The average Bonchev–Trinajstić information content (AvgIpc) is 2.27. The lowest BCUT2D eigenvalue weighted by Gasteiger charge is -2.06. The molecule has 80 valence electrons. The summed E-state index contributed by atoms with van der Waals surface area (Å²) < 4.78 is 18.0. The van der Waals surface area contributed by atoms with Crippen LogP contribution in [0.1, 0.15) is 20.7 Å². The summed E-state index contributed by atoms with van der Waals surface area (Å²) in [5.41, 5.74) is 0.179. The highest BCUT2D eigenvalue weighted by Crippen LogP contribution is 2.22. The number of hydrogen-bond acceptors (Lipinski definition) is 3. The van der Waals surface area contributed by atoms with Gasteiger partial charge in [-0.25, -0.2) is 4.39 Å². The molecular weight excluding hydrogens is 267 g/mol. The predicted molar refractivity (Wildman–Crippen MR) is 56.5 cm³/mol. The molecule has 1 aromatic carbocycles. The van der Waals surface area contributed by atoms with Gasteiger partial charge in [-0.1, -0.05) is 15.9 Å². The fourth-order valence-corrected chi connectivity index (χ4v) is 1.44. The van der Waals surface area contributed by atoms with Gasteiger partial charge in [-0.15, -0.1) is 0 Å². The Morgan fingerprint density at radius 3 is 2.73 bits per heavy atom. The number of halogens is 2. The standard InChI is InChI=1S/C10H8BrFO3/c1-15-10-2-6(5-13)7(3-8(10)12)9(14)4-11/h2-3,5H,4H2,1H3. The largest absolute Gasteiger partial charge is 0.494 e. The number of ketones is 1. The van der Waals surface area contributed by atoms with E-state index < -0.39 is 5.82 Å². The van der Waals surface area contributed by atoms with Crippen molar-refractivity contribution in [2.24, 2.45) is 0 Å². The first-order valence-electron chi connectivity index (χ1n) is 4.06. The van der Waals surface area contributed by atoms with Crippen LogP contribution in [0.15, 0.2) is 12.1 Å². The first-order valence-corrected chi connectivity index (χ1v) is 5.18. The van der Waals surface area contributed by atoms with E-state index in [1.807, 2.05) is 0 Å². The van der Waals surface area contributed by atoms with E-state index in [1.165, 1.54) is 13.2 Å². The smallest absolute Gasteiger partial charge is 0.174 e. The molecule has 5 heteroatoms. The molecule has 1 rings (SSSR count). The molecular formula is C10H8BrFO3. The lowest BCUT2D eigenvalue weighted by Crippen LogP contribution is -2.06. The number of hydrogen-bond donors (Lipinski definition) is 0. The molecule has 1 aromatic rings. The van der Waals surface area contributed by atoms with Crippen molar-refractivity contribution in [2.45, 2.75) is 0 Å².